The first-order chi connectivity index (χ1) is 8.32. The summed E-state index contributed by atoms with van der Waals surface area (Å²) in [7, 11) is -3.39. The van der Waals surface area contributed by atoms with E-state index in [9.17, 15) is 8.42 Å². The highest BCUT2D eigenvalue weighted by molar-refractivity contribution is 7.89. The Morgan fingerprint density at radius 1 is 1.22 bits per heavy atom. The number of benzene rings is 1. The van der Waals surface area contributed by atoms with Gasteiger partial charge in [-0.3, -0.25) is 0 Å². The molecule has 0 radical (unpaired) electrons. The second kappa shape index (κ2) is 4.64. The van der Waals surface area contributed by atoms with Gasteiger partial charge >= 0.3 is 0 Å². The molecule has 1 aromatic carbocycles. The lowest BCUT2D eigenvalue weighted by Crippen LogP contribution is -2.32. The van der Waals surface area contributed by atoms with Crippen LogP contribution in [0.25, 0.3) is 0 Å². The Morgan fingerprint density at radius 3 is 2.39 bits per heavy atom. The maximum atomic E-state index is 12.5. The van der Waals surface area contributed by atoms with Gasteiger partial charge in [-0.2, -0.15) is 4.31 Å². The molecule has 0 aliphatic carbocycles. The van der Waals surface area contributed by atoms with Gasteiger partial charge in [-0.05, 0) is 43.0 Å². The van der Waals surface area contributed by atoms with Crippen LogP contribution in [-0.4, -0.2) is 31.9 Å². The second-order valence-corrected chi connectivity index (χ2v) is 7.15. The van der Waals surface area contributed by atoms with E-state index in [-0.39, 0.29) is 12.0 Å². The summed E-state index contributed by atoms with van der Waals surface area (Å²) in [5.41, 5.74) is 7.98. The van der Waals surface area contributed by atoms with Crippen molar-refractivity contribution in [3.05, 3.63) is 29.3 Å². The lowest BCUT2D eigenvalue weighted by Gasteiger charge is -2.16. The fourth-order valence-electron chi connectivity index (χ4n) is 2.17. The fourth-order valence-corrected chi connectivity index (χ4v) is 3.83. The van der Waals surface area contributed by atoms with Crippen LogP contribution in [-0.2, 0) is 10.0 Å². The van der Waals surface area contributed by atoms with Crippen LogP contribution in [0.2, 0.25) is 0 Å². The maximum absolute atomic E-state index is 12.5. The molecule has 1 aromatic rings. The van der Waals surface area contributed by atoms with E-state index in [1.807, 2.05) is 26.8 Å². The molecule has 0 aromatic heterocycles. The summed E-state index contributed by atoms with van der Waals surface area (Å²) in [5.74, 6) is 0.214. The number of hydrogen-bond donors (Lipinski definition) is 1. The summed E-state index contributed by atoms with van der Waals surface area (Å²) < 4.78 is 26.4. The van der Waals surface area contributed by atoms with Crippen molar-refractivity contribution in [2.24, 2.45) is 11.7 Å². The van der Waals surface area contributed by atoms with Crippen molar-refractivity contribution in [1.29, 1.82) is 0 Å². The van der Waals surface area contributed by atoms with E-state index in [4.69, 9.17) is 5.73 Å². The van der Waals surface area contributed by atoms with Crippen molar-refractivity contribution < 1.29 is 8.42 Å². The lowest BCUT2D eigenvalue weighted by atomic mass is 10.1. The first-order valence-electron chi connectivity index (χ1n) is 6.15. The van der Waals surface area contributed by atoms with Crippen molar-refractivity contribution in [2.75, 3.05) is 13.1 Å². The molecule has 2 rings (SSSR count). The van der Waals surface area contributed by atoms with E-state index in [0.717, 1.165) is 11.1 Å². The number of sulfonamides is 1. The van der Waals surface area contributed by atoms with Crippen LogP contribution in [0.5, 0.6) is 0 Å². The predicted molar refractivity (Wildman–Crippen MR) is 71.8 cm³/mol. The monoisotopic (exact) mass is 268 g/mol. The maximum Gasteiger partial charge on any atom is 0.243 e. The van der Waals surface area contributed by atoms with Crippen LogP contribution in [0.15, 0.2) is 23.1 Å². The van der Waals surface area contributed by atoms with Gasteiger partial charge in [-0.15, -0.1) is 0 Å². The van der Waals surface area contributed by atoms with Crippen LogP contribution in [0.1, 0.15) is 18.1 Å². The van der Waals surface area contributed by atoms with Gasteiger partial charge < -0.3 is 5.73 Å². The summed E-state index contributed by atoms with van der Waals surface area (Å²) in [5, 5.41) is 0. The zero-order valence-electron chi connectivity index (χ0n) is 11.1. The Labute approximate surface area is 109 Å². The molecule has 2 atom stereocenters. The van der Waals surface area contributed by atoms with Crippen LogP contribution < -0.4 is 5.73 Å². The van der Waals surface area contributed by atoms with E-state index in [1.165, 1.54) is 4.31 Å². The molecule has 0 saturated carbocycles. The molecule has 1 heterocycles. The summed E-state index contributed by atoms with van der Waals surface area (Å²) >= 11 is 0. The Hall–Kier alpha value is -0.910. The summed E-state index contributed by atoms with van der Waals surface area (Å²) in [6.07, 6.45) is 0. The van der Waals surface area contributed by atoms with E-state index in [2.05, 4.69) is 0 Å². The molecule has 0 amide bonds. The summed E-state index contributed by atoms with van der Waals surface area (Å²) in [4.78, 5) is 0.368. The van der Waals surface area contributed by atoms with Gasteiger partial charge in [0.25, 0.3) is 0 Å². The predicted octanol–water partition coefficient (Wildman–Crippen LogP) is 1.27. The smallest absolute Gasteiger partial charge is 0.243 e. The Morgan fingerprint density at radius 2 is 1.89 bits per heavy atom. The van der Waals surface area contributed by atoms with Crippen molar-refractivity contribution in [3.8, 4) is 0 Å². The van der Waals surface area contributed by atoms with Crippen molar-refractivity contribution in [3.63, 3.8) is 0 Å². The Bertz CT molecular complexity index is 544. The standard InChI is InChI=1S/C13H20N2O2S/c1-9-4-5-12(6-10(9)2)18(16,17)15-7-11(3)13(14)8-15/h4-6,11,13H,7-8,14H2,1-3H3. The molecule has 2 N–H and O–H groups in total. The molecule has 1 saturated heterocycles. The highest BCUT2D eigenvalue weighted by Gasteiger charge is 2.35. The molecule has 0 spiro atoms. The zero-order valence-corrected chi connectivity index (χ0v) is 11.9. The minimum atomic E-state index is -3.39. The first-order valence-corrected chi connectivity index (χ1v) is 7.59. The second-order valence-electron chi connectivity index (χ2n) is 5.21. The zero-order chi connectivity index (χ0) is 13.5. The average molecular weight is 268 g/mol. The third-order valence-electron chi connectivity index (χ3n) is 3.75. The number of nitrogens with two attached hydrogens (primary N) is 1. The average Bonchev–Trinajstić information content (AvgIpc) is 2.64. The fraction of sp³-hybridized carbons (Fsp3) is 0.538. The van der Waals surface area contributed by atoms with Gasteiger partial charge in [0, 0.05) is 19.1 Å². The number of nitrogens with zero attached hydrogens (tertiary/aromatic N) is 1. The number of rotatable bonds is 2. The van der Waals surface area contributed by atoms with Gasteiger partial charge in [0.05, 0.1) is 4.90 Å². The van der Waals surface area contributed by atoms with Gasteiger partial charge in [-0.1, -0.05) is 13.0 Å². The molecule has 2 unspecified atom stereocenters. The van der Waals surface area contributed by atoms with E-state index < -0.39 is 10.0 Å². The summed E-state index contributed by atoms with van der Waals surface area (Å²) in [6.45, 7) is 6.81. The van der Waals surface area contributed by atoms with E-state index in [0.29, 0.717) is 18.0 Å². The number of hydrogen-bond acceptors (Lipinski definition) is 3. The van der Waals surface area contributed by atoms with Crippen molar-refractivity contribution in [1.82, 2.24) is 4.31 Å². The molecular formula is C13H20N2O2S. The number of aryl methyl sites for hydroxylation is 2. The highest BCUT2D eigenvalue weighted by atomic mass is 32.2. The van der Waals surface area contributed by atoms with Gasteiger partial charge in [-0.25, -0.2) is 8.42 Å². The quantitative estimate of drug-likeness (QED) is 0.878. The van der Waals surface area contributed by atoms with Crippen LogP contribution in [0.4, 0.5) is 0 Å². The molecule has 0 bridgehead atoms. The van der Waals surface area contributed by atoms with Crippen LogP contribution in [0.3, 0.4) is 0 Å². The lowest BCUT2D eigenvalue weighted by molar-refractivity contribution is 0.464. The SMILES string of the molecule is Cc1ccc(S(=O)(=O)N2CC(C)C(N)C2)cc1C. The van der Waals surface area contributed by atoms with Gasteiger partial charge in [0.15, 0.2) is 0 Å². The molecule has 4 nitrogen and oxygen atoms in total. The van der Waals surface area contributed by atoms with Gasteiger partial charge in [0.1, 0.15) is 0 Å². The summed E-state index contributed by atoms with van der Waals surface area (Å²) in [6, 6.07) is 5.19. The Balaban J connectivity index is 2.34. The third kappa shape index (κ3) is 2.30. The van der Waals surface area contributed by atoms with Crippen LogP contribution in [0, 0.1) is 19.8 Å². The minimum Gasteiger partial charge on any atom is -0.326 e. The minimum absolute atomic E-state index is 0.0636. The third-order valence-corrected chi connectivity index (χ3v) is 5.58. The van der Waals surface area contributed by atoms with Crippen LogP contribution >= 0.6 is 0 Å². The first kappa shape index (κ1) is 13.5. The molecule has 1 aliphatic rings. The molecule has 18 heavy (non-hydrogen) atoms. The topological polar surface area (TPSA) is 63.4 Å². The molecule has 5 heteroatoms. The van der Waals surface area contributed by atoms with Gasteiger partial charge in [0.2, 0.25) is 10.0 Å². The Kier molecular flexibility index (Phi) is 3.49. The molecule has 1 aliphatic heterocycles. The largest absolute Gasteiger partial charge is 0.326 e. The van der Waals surface area contributed by atoms with Crippen molar-refractivity contribution in [2.45, 2.75) is 31.7 Å². The highest BCUT2D eigenvalue weighted by Crippen LogP contribution is 2.24. The van der Waals surface area contributed by atoms with E-state index in [1.54, 1.807) is 12.1 Å². The van der Waals surface area contributed by atoms with E-state index >= 15 is 0 Å². The molecular weight excluding hydrogens is 248 g/mol. The normalized spacial score (nSPS) is 25.6. The molecule has 1 fully saturated rings. The molecule has 100 valence electrons. The van der Waals surface area contributed by atoms with Crippen molar-refractivity contribution >= 4 is 10.0 Å².